The fourth-order valence-corrected chi connectivity index (χ4v) is 3.24. The first-order chi connectivity index (χ1) is 12.7. The van der Waals surface area contributed by atoms with Crippen molar-refractivity contribution in [3.63, 3.8) is 0 Å². The molecule has 0 saturated carbocycles. The standard InChI is InChI=1S/C20H26N4O2/c25-19-12-11-18(22-24(19)17-9-4-3-5-10-17)20(26)21-13-8-16-23-14-6-1-2-7-15-23/h3-5,9-12H,1-2,6-8,13-16H2,(H,21,26). The summed E-state index contributed by atoms with van der Waals surface area (Å²) in [6.45, 7) is 3.95. The van der Waals surface area contributed by atoms with Gasteiger partial charge in [0.25, 0.3) is 11.5 Å². The lowest BCUT2D eigenvalue weighted by Gasteiger charge is -2.19. The Morgan fingerprint density at radius 2 is 1.73 bits per heavy atom. The quantitative estimate of drug-likeness (QED) is 0.808. The number of hydrogen-bond donors (Lipinski definition) is 1. The molecule has 1 aromatic heterocycles. The molecule has 1 aromatic carbocycles. The summed E-state index contributed by atoms with van der Waals surface area (Å²) in [7, 11) is 0. The third kappa shape index (κ3) is 5.02. The molecular formula is C20H26N4O2. The van der Waals surface area contributed by atoms with Crippen LogP contribution in [0.1, 0.15) is 42.6 Å². The monoisotopic (exact) mass is 354 g/mol. The number of nitrogens with zero attached hydrogens (tertiary/aromatic N) is 3. The second kappa shape index (κ2) is 9.29. The van der Waals surface area contributed by atoms with E-state index in [-0.39, 0.29) is 17.2 Å². The number of likely N-dealkylation sites (tertiary alicyclic amines) is 1. The van der Waals surface area contributed by atoms with Gasteiger partial charge in [-0.05, 0) is 57.1 Å². The lowest BCUT2D eigenvalue weighted by atomic mass is 10.2. The number of aromatic nitrogens is 2. The second-order valence-corrected chi connectivity index (χ2v) is 6.67. The van der Waals surface area contributed by atoms with Crippen LogP contribution in [0, 0.1) is 0 Å². The first-order valence-electron chi connectivity index (χ1n) is 9.40. The molecule has 26 heavy (non-hydrogen) atoms. The van der Waals surface area contributed by atoms with Crippen LogP contribution in [-0.2, 0) is 0 Å². The Kier molecular flexibility index (Phi) is 6.55. The van der Waals surface area contributed by atoms with Crippen LogP contribution in [0.2, 0.25) is 0 Å². The maximum Gasteiger partial charge on any atom is 0.271 e. The van der Waals surface area contributed by atoms with Crippen LogP contribution in [0.25, 0.3) is 5.69 Å². The van der Waals surface area contributed by atoms with E-state index in [0.29, 0.717) is 12.2 Å². The van der Waals surface area contributed by atoms with E-state index < -0.39 is 0 Å². The lowest BCUT2D eigenvalue weighted by Crippen LogP contribution is -2.32. The van der Waals surface area contributed by atoms with Gasteiger partial charge in [-0.15, -0.1) is 0 Å². The third-order valence-corrected chi connectivity index (χ3v) is 4.67. The predicted molar refractivity (Wildman–Crippen MR) is 102 cm³/mol. The highest BCUT2D eigenvalue weighted by Gasteiger charge is 2.11. The highest BCUT2D eigenvalue weighted by molar-refractivity contribution is 5.92. The molecule has 1 N–H and O–H groups in total. The number of carbonyl (C=O) groups is 1. The number of para-hydroxylation sites is 1. The van der Waals surface area contributed by atoms with Crippen LogP contribution in [0.3, 0.4) is 0 Å². The SMILES string of the molecule is O=C(NCCCN1CCCCCC1)c1ccc(=O)n(-c2ccccc2)n1. The molecule has 1 aliphatic heterocycles. The minimum atomic E-state index is -0.256. The molecule has 1 aliphatic rings. The summed E-state index contributed by atoms with van der Waals surface area (Å²) >= 11 is 0. The van der Waals surface area contributed by atoms with Crippen molar-refractivity contribution in [1.82, 2.24) is 20.0 Å². The fraction of sp³-hybridized carbons (Fsp3) is 0.450. The molecule has 2 aromatic rings. The molecule has 2 heterocycles. The van der Waals surface area contributed by atoms with Gasteiger partial charge < -0.3 is 10.2 Å². The smallest absolute Gasteiger partial charge is 0.271 e. The van der Waals surface area contributed by atoms with Gasteiger partial charge in [0.15, 0.2) is 0 Å². The van der Waals surface area contributed by atoms with Crippen LogP contribution in [0.4, 0.5) is 0 Å². The third-order valence-electron chi connectivity index (χ3n) is 4.67. The molecule has 1 fully saturated rings. The van der Waals surface area contributed by atoms with Crippen LogP contribution in [0.5, 0.6) is 0 Å². The Hall–Kier alpha value is -2.47. The van der Waals surface area contributed by atoms with Crippen molar-refractivity contribution in [3.05, 3.63) is 58.5 Å². The minimum Gasteiger partial charge on any atom is -0.351 e. The van der Waals surface area contributed by atoms with E-state index in [1.54, 1.807) is 12.1 Å². The van der Waals surface area contributed by atoms with Crippen molar-refractivity contribution in [2.24, 2.45) is 0 Å². The second-order valence-electron chi connectivity index (χ2n) is 6.67. The first kappa shape index (κ1) is 18.3. The molecule has 6 nitrogen and oxygen atoms in total. The van der Waals surface area contributed by atoms with Gasteiger partial charge in [0.1, 0.15) is 5.69 Å². The molecule has 0 unspecified atom stereocenters. The lowest BCUT2D eigenvalue weighted by molar-refractivity contribution is 0.0945. The first-order valence-corrected chi connectivity index (χ1v) is 9.40. The number of rotatable bonds is 6. The number of carbonyl (C=O) groups excluding carboxylic acids is 1. The van der Waals surface area contributed by atoms with Crippen molar-refractivity contribution in [1.29, 1.82) is 0 Å². The van der Waals surface area contributed by atoms with E-state index in [4.69, 9.17) is 0 Å². The van der Waals surface area contributed by atoms with Crippen LogP contribution >= 0.6 is 0 Å². The summed E-state index contributed by atoms with van der Waals surface area (Å²) in [5.74, 6) is -0.245. The van der Waals surface area contributed by atoms with Gasteiger partial charge in [-0.25, -0.2) is 0 Å². The Balaban J connectivity index is 1.54. The van der Waals surface area contributed by atoms with E-state index in [9.17, 15) is 9.59 Å². The van der Waals surface area contributed by atoms with E-state index >= 15 is 0 Å². The molecule has 138 valence electrons. The largest absolute Gasteiger partial charge is 0.351 e. The molecule has 1 amide bonds. The molecule has 6 heteroatoms. The Morgan fingerprint density at radius 3 is 2.46 bits per heavy atom. The highest BCUT2D eigenvalue weighted by atomic mass is 16.2. The maximum atomic E-state index is 12.3. The number of amides is 1. The highest BCUT2D eigenvalue weighted by Crippen LogP contribution is 2.09. The van der Waals surface area contributed by atoms with Crippen molar-refractivity contribution >= 4 is 5.91 Å². The molecular weight excluding hydrogens is 328 g/mol. The molecule has 1 saturated heterocycles. The van der Waals surface area contributed by atoms with Crippen LogP contribution in [0.15, 0.2) is 47.3 Å². The summed E-state index contributed by atoms with van der Waals surface area (Å²) in [6.07, 6.45) is 6.13. The topological polar surface area (TPSA) is 67.2 Å². The zero-order chi connectivity index (χ0) is 18.2. The Labute approximate surface area is 153 Å². The molecule has 0 spiro atoms. The molecule has 3 rings (SSSR count). The van der Waals surface area contributed by atoms with Gasteiger partial charge in [0.05, 0.1) is 5.69 Å². The fourth-order valence-electron chi connectivity index (χ4n) is 3.24. The van der Waals surface area contributed by atoms with Crippen LogP contribution < -0.4 is 10.9 Å². The number of hydrogen-bond acceptors (Lipinski definition) is 4. The maximum absolute atomic E-state index is 12.3. The number of benzene rings is 1. The van der Waals surface area contributed by atoms with Gasteiger partial charge >= 0.3 is 0 Å². The zero-order valence-electron chi connectivity index (χ0n) is 15.1. The van der Waals surface area contributed by atoms with Crippen molar-refractivity contribution in [2.75, 3.05) is 26.2 Å². The van der Waals surface area contributed by atoms with E-state index in [0.717, 1.165) is 26.1 Å². The summed E-state index contributed by atoms with van der Waals surface area (Å²) in [5, 5.41) is 7.11. The summed E-state index contributed by atoms with van der Waals surface area (Å²) in [6, 6.07) is 12.0. The minimum absolute atomic E-state index is 0.245. The summed E-state index contributed by atoms with van der Waals surface area (Å²) < 4.78 is 1.26. The predicted octanol–water partition coefficient (Wildman–Crippen LogP) is 2.23. The van der Waals surface area contributed by atoms with Crippen LogP contribution in [-0.4, -0.2) is 46.8 Å². The van der Waals surface area contributed by atoms with Gasteiger partial charge in [0, 0.05) is 12.6 Å². The average Bonchev–Trinajstić information content (AvgIpc) is 2.95. The summed E-state index contributed by atoms with van der Waals surface area (Å²) in [5.41, 5.74) is 0.644. The Morgan fingerprint density at radius 1 is 1.00 bits per heavy atom. The molecule has 0 atom stereocenters. The molecule has 0 aliphatic carbocycles. The van der Waals surface area contributed by atoms with Gasteiger partial charge in [-0.2, -0.15) is 9.78 Å². The van der Waals surface area contributed by atoms with Crippen molar-refractivity contribution in [3.8, 4) is 5.69 Å². The van der Waals surface area contributed by atoms with Crippen molar-refractivity contribution < 1.29 is 4.79 Å². The van der Waals surface area contributed by atoms with Gasteiger partial charge in [-0.3, -0.25) is 9.59 Å². The van der Waals surface area contributed by atoms with Crippen molar-refractivity contribution in [2.45, 2.75) is 32.1 Å². The van der Waals surface area contributed by atoms with Gasteiger partial charge in [0.2, 0.25) is 0 Å². The van der Waals surface area contributed by atoms with E-state index in [2.05, 4.69) is 15.3 Å². The summed E-state index contributed by atoms with van der Waals surface area (Å²) in [4.78, 5) is 26.8. The number of nitrogens with one attached hydrogen (secondary N) is 1. The van der Waals surface area contributed by atoms with E-state index in [1.807, 2.05) is 18.2 Å². The normalized spacial score (nSPS) is 15.4. The zero-order valence-corrected chi connectivity index (χ0v) is 15.1. The Bertz CT molecular complexity index is 765. The average molecular weight is 354 g/mol. The molecule has 0 bridgehead atoms. The van der Waals surface area contributed by atoms with E-state index in [1.165, 1.54) is 42.5 Å². The molecule has 0 radical (unpaired) electrons. The van der Waals surface area contributed by atoms with Gasteiger partial charge in [-0.1, -0.05) is 31.0 Å².